The Morgan fingerprint density at radius 1 is 1.04 bits per heavy atom. The van der Waals surface area contributed by atoms with Crippen molar-refractivity contribution in [3.63, 3.8) is 0 Å². The van der Waals surface area contributed by atoms with Crippen LogP contribution in [0.5, 0.6) is 0 Å². The summed E-state index contributed by atoms with van der Waals surface area (Å²) in [6, 6.07) is 18.4. The van der Waals surface area contributed by atoms with Crippen LogP contribution < -0.4 is 0 Å². The molecule has 1 aromatic heterocycles. The Hall–Kier alpha value is -2.26. The van der Waals surface area contributed by atoms with Crippen LogP contribution in [0.3, 0.4) is 0 Å². The molecule has 0 N–H and O–H groups in total. The summed E-state index contributed by atoms with van der Waals surface area (Å²) in [7, 11) is 0. The fourth-order valence-corrected chi connectivity index (χ4v) is 4.34. The summed E-state index contributed by atoms with van der Waals surface area (Å²) in [4.78, 5) is 1.02. The van der Waals surface area contributed by atoms with Crippen LogP contribution in [0.4, 0.5) is 0 Å². The van der Waals surface area contributed by atoms with Gasteiger partial charge in [0.2, 0.25) is 0 Å². The van der Waals surface area contributed by atoms with Gasteiger partial charge in [-0.15, -0.1) is 12.6 Å². The summed E-state index contributed by atoms with van der Waals surface area (Å²) in [5, 5.41) is 4.63. The molecule has 27 heavy (non-hydrogen) atoms. The van der Waals surface area contributed by atoms with Crippen LogP contribution in [0.2, 0.25) is 0 Å². The Morgan fingerprint density at radius 3 is 2.44 bits per heavy atom. The summed E-state index contributed by atoms with van der Waals surface area (Å²) in [5.74, 6) is 0. The van der Waals surface area contributed by atoms with Crippen LogP contribution in [0.25, 0.3) is 11.8 Å². The lowest BCUT2D eigenvalue weighted by molar-refractivity contribution is 0.405. The summed E-state index contributed by atoms with van der Waals surface area (Å²) >= 11 is 4.08. The smallest absolute Gasteiger partial charge is 0.0700 e. The number of aryl methyl sites for hydroxylation is 1. The fourth-order valence-electron chi connectivity index (χ4n) is 4.17. The fraction of sp³-hybridized carbons (Fsp3) is 0.292. The molecule has 5 rings (SSSR count). The first kappa shape index (κ1) is 18.1. The van der Waals surface area contributed by atoms with E-state index >= 15 is 0 Å². The minimum absolute atomic E-state index is 0.397. The predicted octanol–water partition coefficient (Wildman–Crippen LogP) is 6.29. The summed E-state index contributed by atoms with van der Waals surface area (Å²) in [6.07, 6.45) is 9.54. The second-order valence-corrected chi connectivity index (χ2v) is 8.41. The minimum Gasteiger partial charge on any atom is -0.233 e. The number of allylic oxidation sites excluding steroid dienone is 1. The average molecular weight is 375 g/mol. The number of fused-ring (bicyclic) bond motifs is 2. The van der Waals surface area contributed by atoms with Gasteiger partial charge in [-0.2, -0.15) is 5.10 Å². The zero-order valence-electron chi connectivity index (χ0n) is 16.0. The molecule has 1 saturated carbocycles. The third-order valence-electron chi connectivity index (χ3n) is 5.76. The first-order chi connectivity index (χ1) is 13.0. The lowest BCUT2D eigenvalue weighted by Gasteiger charge is -2.29. The zero-order chi connectivity index (χ0) is 18.9. The van der Waals surface area contributed by atoms with Crippen molar-refractivity contribution in [1.82, 2.24) is 9.78 Å². The second-order valence-electron chi connectivity index (χ2n) is 7.90. The van der Waals surface area contributed by atoms with Gasteiger partial charge in [-0.05, 0) is 73.9 Å². The first-order valence-corrected chi connectivity index (χ1v) is 10.1. The summed E-state index contributed by atoms with van der Waals surface area (Å²) in [6.45, 7) is 4.53. The van der Waals surface area contributed by atoms with E-state index in [9.17, 15) is 0 Å². The lowest BCUT2D eigenvalue weighted by Crippen LogP contribution is -2.21. The van der Waals surface area contributed by atoms with Crippen LogP contribution in [-0.4, -0.2) is 9.78 Å². The average Bonchev–Trinajstić information content (AvgIpc) is 3.23. The molecule has 2 aliphatic carbocycles. The molecule has 2 aromatic carbocycles. The molecule has 3 aromatic rings. The van der Waals surface area contributed by atoms with Crippen LogP contribution in [0, 0.1) is 12.3 Å². The third kappa shape index (κ3) is 3.74. The van der Waals surface area contributed by atoms with E-state index in [0.29, 0.717) is 5.41 Å². The number of benzene rings is 2. The van der Waals surface area contributed by atoms with E-state index < -0.39 is 0 Å². The highest BCUT2D eigenvalue weighted by molar-refractivity contribution is 7.80. The molecule has 1 heterocycles. The van der Waals surface area contributed by atoms with Gasteiger partial charge in [0, 0.05) is 4.90 Å². The number of nitrogens with zero attached hydrogens (tertiary/aromatic N) is 2. The molecule has 0 amide bonds. The quantitative estimate of drug-likeness (QED) is 0.496. The zero-order valence-corrected chi connectivity index (χ0v) is 16.9. The topological polar surface area (TPSA) is 17.8 Å². The largest absolute Gasteiger partial charge is 0.233 e. The maximum Gasteiger partial charge on any atom is 0.0700 e. The van der Waals surface area contributed by atoms with Gasteiger partial charge in [0.05, 0.1) is 17.6 Å². The van der Waals surface area contributed by atoms with Gasteiger partial charge >= 0.3 is 0 Å². The van der Waals surface area contributed by atoms with E-state index in [1.807, 2.05) is 30.3 Å². The van der Waals surface area contributed by atoms with Crippen LogP contribution in [0.1, 0.15) is 43.0 Å². The normalized spacial score (nSPS) is 20.2. The van der Waals surface area contributed by atoms with E-state index in [1.165, 1.54) is 36.1 Å². The standard InChI is InChI=1S/C18H20N2.C6H6S/c1-13-5-7-16(8-6-13)20-17-10-15-4-3-9-18(15,2)11-14(17)12-19-20;7-6-4-2-1-3-5-6/h5-8,10,12H,3-4,9,11H2,1-2H3;1-5,7H/t18-;/m0./s1. The molecule has 0 spiro atoms. The first-order valence-electron chi connectivity index (χ1n) is 9.64. The maximum absolute atomic E-state index is 4.63. The van der Waals surface area contributed by atoms with Gasteiger partial charge in [0.1, 0.15) is 0 Å². The van der Waals surface area contributed by atoms with Crippen molar-refractivity contribution in [3.8, 4) is 5.69 Å². The minimum atomic E-state index is 0.397. The van der Waals surface area contributed by atoms with Gasteiger partial charge in [-0.25, -0.2) is 4.68 Å². The lowest BCUT2D eigenvalue weighted by atomic mass is 9.75. The Morgan fingerprint density at radius 2 is 1.78 bits per heavy atom. The van der Waals surface area contributed by atoms with E-state index in [1.54, 1.807) is 5.57 Å². The van der Waals surface area contributed by atoms with Crippen LogP contribution in [0.15, 0.2) is 71.3 Å². The molecule has 2 aliphatic rings. The third-order valence-corrected chi connectivity index (χ3v) is 6.06. The van der Waals surface area contributed by atoms with Crippen LogP contribution in [-0.2, 0) is 6.42 Å². The van der Waals surface area contributed by atoms with Crippen molar-refractivity contribution < 1.29 is 0 Å². The molecule has 1 fully saturated rings. The van der Waals surface area contributed by atoms with Crippen LogP contribution >= 0.6 is 12.6 Å². The van der Waals surface area contributed by atoms with E-state index in [0.717, 1.165) is 17.0 Å². The van der Waals surface area contributed by atoms with Gasteiger partial charge < -0.3 is 0 Å². The van der Waals surface area contributed by atoms with Crippen molar-refractivity contribution in [3.05, 3.63) is 83.2 Å². The molecule has 0 aliphatic heterocycles. The number of rotatable bonds is 1. The van der Waals surface area contributed by atoms with E-state index in [4.69, 9.17) is 0 Å². The molecule has 3 heteroatoms. The van der Waals surface area contributed by atoms with Gasteiger partial charge in [-0.3, -0.25) is 0 Å². The molecule has 0 saturated heterocycles. The summed E-state index contributed by atoms with van der Waals surface area (Å²) < 4.78 is 2.10. The molecule has 0 unspecified atom stereocenters. The Labute approximate surface area is 167 Å². The van der Waals surface area contributed by atoms with Crippen molar-refractivity contribution in [2.75, 3.05) is 0 Å². The highest BCUT2D eigenvalue weighted by Gasteiger charge is 2.37. The highest BCUT2D eigenvalue weighted by Crippen LogP contribution is 2.49. The Balaban J connectivity index is 0.000000218. The van der Waals surface area contributed by atoms with Crippen molar-refractivity contribution in [2.45, 2.75) is 44.4 Å². The monoisotopic (exact) mass is 374 g/mol. The van der Waals surface area contributed by atoms with Gasteiger partial charge in [0.15, 0.2) is 0 Å². The highest BCUT2D eigenvalue weighted by atomic mass is 32.1. The molecule has 0 bridgehead atoms. The van der Waals surface area contributed by atoms with Gasteiger partial charge in [0.25, 0.3) is 0 Å². The number of hydrogen-bond donors (Lipinski definition) is 1. The predicted molar refractivity (Wildman–Crippen MR) is 116 cm³/mol. The van der Waals surface area contributed by atoms with E-state index in [2.05, 4.69) is 72.8 Å². The molecule has 1 atom stereocenters. The number of hydrogen-bond acceptors (Lipinski definition) is 2. The van der Waals surface area contributed by atoms with Gasteiger partial charge in [-0.1, -0.05) is 48.4 Å². The Bertz CT molecular complexity index is 954. The molecular formula is C24H26N2S. The molecule has 138 valence electrons. The molecule has 2 nitrogen and oxygen atoms in total. The molecular weight excluding hydrogens is 348 g/mol. The Kier molecular flexibility index (Phi) is 4.96. The van der Waals surface area contributed by atoms with Crippen molar-refractivity contribution >= 4 is 18.7 Å². The number of aromatic nitrogens is 2. The van der Waals surface area contributed by atoms with E-state index in [-0.39, 0.29) is 0 Å². The second kappa shape index (κ2) is 7.40. The van der Waals surface area contributed by atoms with Crippen molar-refractivity contribution in [1.29, 1.82) is 0 Å². The maximum atomic E-state index is 4.63. The SMILES string of the molecule is Cc1ccc(-n2ncc3c2C=C2CCC[C@@]2(C)C3)cc1.Sc1ccccc1. The molecule has 0 radical (unpaired) electrons. The summed E-state index contributed by atoms with van der Waals surface area (Å²) in [5.41, 5.74) is 7.17. The number of thiol groups is 1. The van der Waals surface area contributed by atoms with Crippen molar-refractivity contribution in [2.24, 2.45) is 5.41 Å².